The number of hydrogen-bond donors (Lipinski definition) is 3. The lowest BCUT2D eigenvalue weighted by atomic mass is 10.1. The highest BCUT2D eigenvalue weighted by atomic mass is 35.5. The summed E-state index contributed by atoms with van der Waals surface area (Å²) in [5, 5.41) is 22.5. The summed E-state index contributed by atoms with van der Waals surface area (Å²) in [5.41, 5.74) is 3.61. The van der Waals surface area contributed by atoms with Crippen LogP contribution in [0.25, 0.3) is 11.3 Å². The van der Waals surface area contributed by atoms with Crippen molar-refractivity contribution in [3.05, 3.63) is 75.5 Å². The van der Waals surface area contributed by atoms with Crippen LogP contribution in [0.15, 0.2) is 58.0 Å². The van der Waals surface area contributed by atoms with E-state index in [9.17, 15) is 9.59 Å². The summed E-state index contributed by atoms with van der Waals surface area (Å²) < 4.78 is 5.62. The molecule has 0 spiro atoms. The van der Waals surface area contributed by atoms with Gasteiger partial charge in [-0.15, -0.1) is 0 Å². The number of aromatic carboxylic acids is 2. The molecule has 3 N–H and O–H groups in total. The van der Waals surface area contributed by atoms with Gasteiger partial charge in [-0.2, -0.15) is 5.10 Å². The maximum Gasteiger partial charge on any atom is 0.337 e. The van der Waals surface area contributed by atoms with Gasteiger partial charge < -0.3 is 14.6 Å². The number of furan rings is 1. The predicted octanol–water partition coefficient (Wildman–Crippen LogP) is 5.10. The van der Waals surface area contributed by atoms with E-state index in [1.807, 2.05) is 0 Å². The van der Waals surface area contributed by atoms with Gasteiger partial charge in [0.25, 0.3) is 0 Å². The molecule has 1 heterocycles. The van der Waals surface area contributed by atoms with Crippen molar-refractivity contribution in [3.8, 4) is 11.3 Å². The number of halogens is 2. The highest BCUT2D eigenvalue weighted by Gasteiger charge is 2.12. The van der Waals surface area contributed by atoms with Gasteiger partial charge in [0, 0.05) is 5.56 Å². The third-order valence-corrected chi connectivity index (χ3v) is 4.35. The second kappa shape index (κ2) is 8.16. The van der Waals surface area contributed by atoms with Crippen LogP contribution in [0.1, 0.15) is 26.5 Å². The van der Waals surface area contributed by atoms with Gasteiger partial charge in [0.05, 0.1) is 33.1 Å². The molecule has 0 atom stereocenters. The third kappa shape index (κ3) is 4.33. The number of anilines is 1. The van der Waals surface area contributed by atoms with Crippen LogP contribution < -0.4 is 5.43 Å². The summed E-state index contributed by atoms with van der Waals surface area (Å²) >= 11 is 11.7. The molecule has 0 bridgehead atoms. The van der Waals surface area contributed by atoms with Gasteiger partial charge in [-0.1, -0.05) is 23.2 Å². The van der Waals surface area contributed by atoms with Crippen LogP contribution in [0.4, 0.5) is 5.69 Å². The molecule has 0 saturated heterocycles. The van der Waals surface area contributed by atoms with Crippen LogP contribution in [0.2, 0.25) is 10.0 Å². The highest BCUT2D eigenvalue weighted by molar-refractivity contribution is 6.34. The summed E-state index contributed by atoms with van der Waals surface area (Å²) in [6, 6.07) is 12.3. The number of hydrogen-bond acceptors (Lipinski definition) is 5. The van der Waals surface area contributed by atoms with Gasteiger partial charge in [0.15, 0.2) is 0 Å². The van der Waals surface area contributed by atoms with E-state index in [0.29, 0.717) is 22.8 Å². The molecule has 0 fully saturated rings. The van der Waals surface area contributed by atoms with E-state index in [2.05, 4.69) is 10.5 Å². The zero-order valence-electron chi connectivity index (χ0n) is 14.0. The van der Waals surface area contributed by atoms with Gasteiger partial charge >= 0.3 is 11.9 Å². The first-order valence-corrected chi connectivity index (χ1v) is 8.55. The molecular formula is C19H12Cl2N2O5. The largest absolute Gasteiger partial charge is 0.478 e. The van der Waals surface area contributed by atoms with Crippen molar-refractivity contribution < 1.29 is 24.2 Å². The number of hydrazone groups is 1. The van der Waals surface area contributed by atoms with Crippen molar-refractivity contribution in [2.45, 2.75) is 0 Å². The fourth-order valence-corrected chi connectivity index (χ4v) is 2.75. The molecule has 9 heteroatoms. The van der Waals surface area contributed by atoms with Crippen LogP contribution in [0.3, 0.4) is 0 Å². The first-order chi connectivity index (χ1) is 13.3. The number of carbonyl (C=O) groups is 2. The minimum absolute atomic E-state index is 0.0237. The average molecular weight is 419 g/mol. The molecule has 0 aliphatic rings. The van der Waals surface area contributed by atoms with Crippen molar-refractivity contribution in [2.75, 3.05) is 5.43 Å². The number of nitrogens with one attached hydrogen (secondary N) is 1. The first-order valence-electron chi connectivity index (χ1n) is 7.80. The number of rotatable bonds is 6. The van der Waals surface area contributed by atoms with E-state index in [4.69, 9.17) is 37.8 Å². The highest BCUT2D eigenvalue weighted by Crippen LogP contribution is 2.27. The zero-order chi connectivity index (χ0) is 20.3. The van der Waals surface area contributed by atoms with E-state index in [-0.39, 0.29) is 21.2 Å². The minimum Gasteiger partial charge on any atom is -0.478 e. The molecular weight excluding hydrogens is 407 g/mol. The molecule has 28 heavy (non-hydrogen) atoms. The number of carboxylic acid groups (broad SMARTS) is 2. The lowest BCUT2D eigenvalue weighted by molar-refractivity contribution is 0.0686. The summed E-state index contributed by atoms with van der Waals surface area (Å²) in [5.74, 6) is -1.42. The zero-order valence-corrected chi connectivity index (χ0v) is 15.5. The smallest absolute Gasteiger partial charge is 0.337 e. The molecule has 0 aliphatic carbocycles. The predicted molar refractivity (Wildman–Crippen MR) is 106 cm³/mol. The van der Waals surface area contributed by atoms with Gasteiger partial charge in [-0.3, -0.25) is 5.43 Å². The van der Waals surface area contributed by atoms with Crippen LogP contribution in [-0.2, 0) is 0 Å². The summed E-state index contributed by atoms with van der Waals surface area (Å²) in [4.78, 5) is 22.3. The Morgan fingerprint density at radius 1 is 0.929 bits per heavy atom. The first kappa shape index (κ1) is 19.5. The van der Waals surface area contributed by atoms with Crippen molar-refractivity contribution >= 4 is 47.0 Å². The minimum atomic E-state index is -1.14. The molecule has 142 valence electrons. The Kier molecular flexibility index (Phi) is 5.67. The van der Waals surface area contributed by atoms with Crippen molar-refractivity contribution in [1.82, 2.24) is 0 Å². The average Bonchev–Trinajstić information content (AvgIpc) is 3.12. The van der Waals surface area contributed by atoms with Gasteiger partial charge in [0.2, 0.25) is 0 Å². The summed E-state index contributed by atoms with van der Waals surface area (Å²) in [6.45, 7) is 0. The maximum atomic E-state index is 11.2. The van der Waals surface area contributed by atoms with E-state index >= 15 is 0 Å². The molecule has 3 aromatic rings. The lowest BCUT2D eigenvalue weighted by Gasteiger charge is -2.03. The Labute approximate surface area is 168 Å². The number of nitrogens with zero attached hydrogens (tertiary/aromatic N) is 1. The molecule has 3 rings (SSSR count). The Balaban J connectivity index is 1.75. The fourth-order valence-electron chi connectivity index (χ4n) is 2.35. The van der Waals surface area contributed by atoms with E-state index in [1.54, 1.807) is 24.3 Å². The normalized spacial score (nSPS) is 10.9. The van der Waals surface area contributed by atoms with Crippen LogP contribution >= 0.6 is 23.2 Å². The molecule has 1 aromatic heterocycles. The molecule has 0 amide bonds. The maximum absolute atomic E-state index is 11.2. The van der Waals surface area contributed by atoms with Crippen LogP contribution in [-0.4, -0.2) is 28.4 Å². The van der Waals surface area contributed by atoms with E-state index in [1.165, 1.54) is 30.5 Å². The van der Waals surface area contributed by atoms with Crippen LogP contribution in [0, 0.1) is 0 Å². The number of carboxylic acids is 2. The van der Waals surface area contributed by atoms with Gasteiger partial charge in [0.1, 0.15) is 11.5 Å². The Bertz CT molecular complexity index is 1090. The Hall–Kier alpha value is -3.29. The second-order valence-electron chi connectivity index (χ2n) is 5.57. The third-order valence-electron chi connectivity index (χ3n) is 3.69. The topological polar surface area (TPSA) is 112 Å². The standard InChI is InChI=1S/C19H12Cl2N2O5/c20-15-4-1-10(7-13(15)18(24)25)17-6-3-12(28-17)9-22-23-11-2-5-16(21)14(8-11)19(26)27/h1-9,23H,(H,24,25)(H,26,27)/b22-9-. The summed E-state index contributed by atoms with van der Waals surface area (Å²) in [6.07, 6.45) is 1.40. The molecule has 0 unspecified atom stereocenters. The summed E-state index contributed by atoms with van der Waals surface area (Å²) in [7, 11) is 0. The molecule has 7 nitrogen and oxygen atoms in total. The SMILES string of the molecule is O=C(O)c1cc(N/N=C\c2ccc(-c3ccc(Cl)c(C(=O)O)c3)o2)ccc1Cl. The van der Waals surface area contributed by atoms with Crippen molar-refractivity contribution in [2.24, 2.45) is 5.10 Å². The quantitative estimate of drug-likeness (QED) is 0.379. The van der Waals surface area contributed by atoms with Gasteiger partial charge in [-0.05, 0) is 48.5 Å². The lowest BCUT2D eigenvalue weighted by Crippen LogP contribution is -1.99. The van der Waals surface area contributed by atoms with Crippen LogP contribution in [0.5, 0.6) is 0 Å². The Morgan fingerprint density at radius 2 is 1.57 bits per heavy atom. The van der Waals surface area contributed by atoms with Crippen molar-refractivity contribution in [3.63, 3.8) is 0 Å². The fraction of sp³-hybridized carbons (Fsp3) is 0. The Morgan fingerprint density at radius 3 is 2.25 bits per heavy atom. The molecule has 0 aliphatic heterocycles. The van der Waals surface area contributed by atoms with E-state index < -0.39 is 11.9 Å². The van der Waals surface area contributed by atoms with Crippen molar-refractivity contribution in [1.29, 1.82) is 0 Å². The molecule has 0 radical (unpaired) electrons. The molecule has 0 saturated carbocycles. The molecule has 2 aromatic carbocycles. The number of benzene rings is 2. The second-order valence-corrected chi connectivity index (χ2v) is 6.39. The van der Waals surface area contributed by atoms with E-state index in [0.717, 1.165) is 0 Å². The van der Waals surface area contributed by atoms with Gasteiger partial charge in [-0.25, -0.2) is 9.59 Å². The monoisotopic (exact) mass is 418 g/mol.